The summed E-state index contributed by atoms with van der Waals surface area (Å²) in [6.07, 6.45) is 0.364. The largest absolute Gasteiger partial charge is 0.373 e. The van der Waals surface area contributed by atoms with Gasteiger partial charge in [-0.15, -0.1) is 0 Å². The number of aliphatic hydroxyl groups is 2. The Morgan fingerprint density at radius 1 is 1.00 bits per heavy atom. The van der Waals surface area contributed by atoms with Crippen LogP contribution in [0.2, 0.25) is 0 Å². The Kier molecular flexibility index (Phi) is 6.83. The van der Waals surface area contributed by atoms with Crippen molar-refractivity contribution in [2.24, 2.45) is 0 Å². The van der Waals surface area contributed by atoms with E-state index in [0.717, 1.165) is 16.1 Å². The van der Waals surface area contributed by atoms with E-state index in [9.17, 15) is 29.4 Å². The van der Waals surface area contributed by atoms with Crippen molar-refractivity contribution in [2.75, 3.05) is 0 Å². The fraction of sp³-hybridized carbons (Fsp3) is 0.733. The summed E-state index contributed by atoms with van der Waals surface area (Å²) < 4.78 is 0. The second-order valence-corrected chi connectivity index (χ2v) is 6.04. The highest BCUT2D eigenvalue weighted by molar-refractivity contribution is 6.06. The Morgan fingerprint density at radius 2 is 1.48 bits per heavy atom. The second-order valence-electron chi connectivity index (χ2n) is 6.04. The lowest BCUT2D eigenvalue weighted by Gasteiger charge is -2.32. The molecule has 8 heteroatoms. The molecule has 1 heterocycles. The minimum Gasteiger partial charge on any atom is -0.373 e. The molecule has 2 atom stereocenters. The summed E-state index contributed by atoms with van der Waals surface area (Å²) in [7, 11) is 0. The maximum absolute atomic E-state index is 12.5. The summed E-state index contributed by atoms with van der Waals surface area (Å²) >= 11 is 0. The molecule has 0 aromatic heterocycles. The van der Waals surface area contributed by atoms with Gasteiger partial charge in [-0.3, -0.25) is 9.69 Å². The predicted molar refractivity (Wildman–Crippen MR) is 80.0 cm³/mol. The average Bonchev–Trinajstić information content (AvgIpc) is 2.65. The normalized spacial score (nSPS) is 19.8. The van der Waals surface area contributed by atoms with Crippen molar-refractivity contribution in [3.63, 3.8) is 0 Å². The molecule has 1 fully saturated rings. The molecular formula is C15H24N2O6. The molecule has 2 N–H and O–H groups in total. The highest BCUT2D eigenvalue weighted by atomic mass is 16.3. The monoisotopic (exact) mass is 328 g/mol. The molecule has 1 saturated heterocycles. The smallest absolute Gasteiger partial charge is 0.331 e. The lowest BCUT2D eigenvalue weighted by molar-refractivity contribution is -0.140. The number of imide groups is 1. The molecule has 0 aliphatic carbocycles. The van der Waals surface area contributed by atoms with Crippen LogP contribution in [-0.2, 0) is 14.4 Å². The van der Waals surface area contributed by atoms with E-state index >= 15 is 0 Å². The van der Waals surface area contributed by atoms with Crippen LogP contribution in [-0.4, -0.2) is 62.5 Å². The summed E-state index contributed by atoms with van der Waals surface area (Å²) in [6.45, 7) is 2.99. The van der Waals surface area contributed by atoms with Crippen molar-refractivity contribution in [1.82, 2.24) is 9.80 Å². The number of aliphatic hydroxyl groups excluding tert-OH is 2. The molecule has 8 nitrogen and oxygen atoms in total. The van der Waals surface area contributed by atoms with Crippen LogP contribution in [0.15, 0.2) is 0 Å². The number of rotatable bonds is 10. The fourth-order valence-corrected chi connectivity index (χ4v) is 2.63. The summed E-state index contributed by atoms with van der Waals surface area (Å²) in [5.41, 5.74) is -1.29. The van der Waals surface area contributed by atoms with E-state index in [0.29, 0.717) is 19.1 Å². The molecule has 130 valence electrons. The number of aldehydes is 2. The van der Waals surface area contributed by atoms with Gasteiger partial charge in [-0.1, -0.05) is 0 Å². The van der Waals surface area contributed by atoms with E-state index in [1.165, 1.54) is 13.8 Å². The average molecular weight is 328 g/mol. The quantitative estimate of drug-likeness (QED) is 0.341. The van der Waals surface area contributed by atoms with Crippen LogP contribution in [0.4, 0.5) is 4.79 Å². The van der Waals surface area contributed by atoms with Gasteiger partial charge in [0.25, 0.3) is 5.91 Å². The second kappa shape index (κ2) is 8.16. The molecule has 0 aromatic carbocycles. The van der Waals surface area contributed by atoms with Gasteiger partial charge in [0.05, 0.1) is 0 Å². The third kappa shape index (κ3) is 4.14. The fourth-order valence-electron chi connectivity index (χ4n) is 2.63. The minimum absolute atomic E-state index is 0.0986. The highest BCUT2D eigenvalue weighted by Crippen LogP contribution is 2.32. The summed E-state index contributed by atoms with van der Waals surface area (Å²) in [4.78, 5) is 47.3. The Labute approximate surface area is 135 Å². The van der Waals surface area contributed by atoms with Crippen molar-refractivity contribution in [3.05, 3.63) is 0 Å². The molecule has 0 saturated carbocycles. The Balaban J connectivity index is 2.85. The zero-order valence-electron chi connectivity index (χ0n) is 13.5. The third-order valence-electron chi connectivity index (χ3n) is 3.92. The van der Waals surface area contributed by atoms with Crippen molar-refractivity contribution in [2.45, 2.75) is 70.4 Å². The Bertz CT molecular complexity index is 465. The van der Waals surface area contributed by atoms with Gasteiger partial charge in [0.1, 0.15) is 30.6 Å². The van der Waals surface area contributed by atoms with Crippen LogP contribution in [0.1, 0.15) is 52.4 Å². The van der Waals surface area contributed by atoms with E-state index < -0.39 is 29.9 Å². The van der Waals surface area contributed by atoms with Gasteiger partial charge in [-0.2, -0.15) is 0 Å². The third-order valence-corrected chi connectivity index (χ3v) is 3.92. The van der Waals surface area contributed by atoms with Crippen LogP contribution in [0.25, 0.3) is 0 Å². The molecule has 1 aliphatic heterocycles. The zero-order chi connectivity index (χ0) is 17.6. The topological polar surface area (TPSA) is 115 Å². The molecular weight excluding hydrogens is 304 g/mol. The van der Waals surface area contributed by atoms with Gasteiger partial charge in [-0.05, 0) is 39.5 Å². The number of urea groups is 1. The standard InChI is InChI=1S/C15H24N2O6/c1-15(2)13(22)16(11(20)7-3-5-9-18)14(23)17(15)12(21)8-4-6-10-19/h9-12,20-21H,3-8H2,1-2H3. The number of amides is 3. The first-order chi connectivity index (χ1) is 10.8. The van der Waals surface area contributed by atoms with Gasteiger partial charge in [-0.25, -0.2) is 9.69 Å². The SMILES string of the molecule is CC1(C)C(=O)N(C(O)CCCC=O)C(=O)N1C(O)CCCC=O. The van der Waals surface area contributed by atoms with E-state index in [2.05, 4.69) is 0 Å². The van der Waals surface area contributed by atoms with E-state index in [-0.39, 0.29) is 25.7 Å². The summed E-state index contributed by atoms with van der Waals surface area (Å²) in [6, 6.07) is -0.766. The molecule has 0 bridgehead atoms. The van der Waals surface area contributed by atoms with Gasteiger partial charge in [0.15, 0.2) is 0 Å². The molecule has 0 aromatic rings. The lowest BCUT2D eigenvalue weighted by atomic mass is 10.0. The van der Waals surface area contributed by atoms with Gasteiger partial charge < -0.3 is 19.8 Å². The van der Waals surface area contributed by atoms with Gasteiger partial charge in [0, 0.05) is 12.8 Å². The van der Waals surface area contributed by atoms with Crippen molar-refractivity contribution in [3.8, 4) is 0 Å². The summed E-state index contributed by atoms with van der Waals surface area (Å²) in [5.74, 6) is -0.601. The highest BCUT2D eigenvalue weighted by Gasteiger charge is 2.55. The molecule has 0 spiro atoms. The molecule has 2 unspecified atom stereocenters. The Hall–Kier alpha value is -1.80. The maximum atomic E-state index is 12.5. The van der Waals surface area contributed by atoms with Crippen molar-refractivity contribution >= 4 is 24.5 Å². The first kappa shape index (κ1) is 19.2. The first-order valence-electron chi connectivity index (χ1n) is 7.69. The first-order valence-corrected chi connectivity index (χ1v) is 7.69. The van der Waals surface area contributed by atoms with Crippen molar-refractivity contribution in [1.29, 1.82) is 0 Å². The van der Waals surface area contributed by atoms with E-state index in [1.807, 2.05) is 0 Å². The van der Waals surface area contributed by atoms with Crippen LogP contribution in [0, 0.1) is 0 Å². The van der Waals surface area contributed by atoms with Gasteiger partial charge in [0.2, 0.25) is 0 Å². The van der Waals surface area contributed by atoms with Crippen LogP contribution in [0.5, 0.6) is 0 Å². The summed E-state index contributed by atoms with van der Waals surface area (Å²) in [5, 5.41) is 20.3. The molecule has 3 amide bonds. The number of nitrogens with zero attached hydrogens (tertiary/aromatic N) is 2. The van der Waals surface area contributed by atoms with Crippen LogP contribution >= 0.6 is 0 Å². The number of carbonyl (C=O) groups excluding carboxylic acids is 4. The number of unbranched alkanes of at least 4 members (excludes halogenated alkanes) is 2. The minimum atomic E-state index is -1.33. The number of hydrogen-bond donors (Lipinski definition) is 2. The van der Waals surface area contributed by atoms with Crippen LogP contribution in [0.3, 0.4) is 0 Å². The number of carbonyl (C=O) groups is 4. The maximum Gasteiger partial charge on any atom is 0.331 e. The lowest BCUT2D eigenvalue weighted by Crippen LogP contribution is -2.50. The predicted octanol–water partition coefficient (Wildman–Crippen LogP) is 0.404. The van der Waals surface area contributed by atoms with E-state index in [1.54, 1.807) is 0 Å². The van der Waals surface area contributed by atoms with Crippen LogP contribution < -0.4 is 0 Å². The molecule has 0 radical (unpaired) electrons. The molecule has 1 rings (SSSR count). The Morgan fingerprint density at radius 3 is 1.96 bits per heavy atom. The molecule has 23 heavy (non-hydrogen) atoms. The zero-order valence-corrected chi connectivity index (χ0v) is 13.5. The molecule has 1 aliphatic rings. The van der Waals surface area contributed by atoms with Gasteiger partial charge >= 0.3 is 6.03 Å². The van der Waals surface area contributed by atoms with Crippen molar-refractivity contribution < 1.29 is 29.4 Å². The van der Waals surface area contributed by atoms with E-state index in [4.69, 9.17) is 0 Å². The number of hydrogen-bond acceptors (Lipinski definition) is 6.